The summed E-state index contributed by atoms with van der Waals surface area (Å²) < 4.78 is 5.25. The fourth-order valence-corrected chi connectivity index (χ4v) is 2.10. The highest BCUT2D eigenvalue weighted by atomic mass is 32.1. The number of anilines is 1. The molecule has 1 atom stereocenters. The SMILES string of the molecule is Cc1nnc(NC(=O)N[C@]2(C)CCOC2)s1. The van der Waals surface area contributed by atoms with Gasteiger partial charge in [0.1, 0.15) is 5.01 Å². The molecule has 2 rings (SSSR count). The minimum absolute atomic E-state index is 0.260. The van der Waals surface area contributed by atoms with Crippen LogP contribution in [0.5, 0.6) is 0 Å². The lowest BCUT2D eigenvalue weighted by Crippen LogP contribution is -2.48. The molecule has 0 bridgehead atoms. The molecular formula is C9H14N4O2S. The second kappa shape index (κ2) is 4.34. The lowest BCUT2D eigenvalue weighted by Gasteiger charge is -2.22. The third-order valence-electron chi connectivity index (χ3n) is 2.38. The lowest BCUT2D eigenvalue weighted by molar-refractivity contribution is 0.172. The molecule has 88 valence electrons. The van der Waals surface area contributed by atoms with Gasteiger partial charge in [-0.2, -0.15) is 0 Å². The number of aryl methyl sites for hydroxylation is 1. The summed E-state index contributed by atoms with van der Waals surface area (Å²) >= 11 is 1.35. The van der Waals surface area contributed by atoms with Crippen molar-refractivity contribution in [1.29, 1.82) is 0 Å². The molecule has 1 fully saturated rings. The number of nitrogens with one attached hydrogen (secondary N) is 2. The highest BCUT2D eigenvalue weighted by Gasteiger charge is 2.31. The second-order valence-electron chi connectivity index (χ2n) is 4.07. The Morgan fingerprint density at radius 2 is 2.38 bits per heavy atom. The molecule has 1 aromatic rings. The summed E-state index contributed by atoms with van der Waals surface area (Å²) in [7, 11) is 0. The Balaban J connectivity index is 1.89. The van der Waals surface area contributed by atoms with Crippen LogP contribution in [0.3, 0.4) is 0 Å². The second-order valence-corrected chi connectivity index (χ2v) is 5.25. The number of rotatable bonds is 2. The van der Waals surface area contributed by atoms with Crippen molar-refractivity contribution in [3.8, 4) is 0 Å². The van der Waals surface area contributed by atoms with E-state index in [-0.39, 0.29) is 11.6 Å². The summed E-state index contributed by atoms with van der Waals surface area (Å²) in [5.74, 6) is 0. The number of hydrogen-bond acceptors (Lipinski definition) is 5. The number of carbonyl (C=O) groups excluding carboxylic acids is 1. The minimum atomic E-state index is -0.274. The van der Waals surface area contributed by atoms with Crippen molar-refractivity contribution < 1.29 is 9.53 Å². The third-order valence-corrected chi connectivity index (χ3v) is 3.13. The van der Waals surface area contributed by atoms with Crippen LogP contribution in [-0.2, 0) is 4.74 Å². The average Bonchev–Trinajstić information content (AvgIpc) is 2.75. The highest BCUT2D eigenvalue weighted by molar-refractivity contribution is 7.15. The lowest BCUT2D eigenvalue weighted by atomic mass is 10.0. The van der Waals surface area contributed by atoms with Gasteiger partial charge in [0.05, 0.1) is 12.1 Å². The topological polar surface area (TPSA) is 76.1 Å². The van der Waals surface area contributed by atoms with E-state index in [0.717, 1.165) is 11.4 Å². The number of amides is 2. The van der Waals surface area contributed by atoms with E-state index in [0.29, 0.717) is 18.3 Å². The van der Waals surface area contributed by atoms with E-state index in [9.17, 15) is 4.79 Å². The summed E-state index contributed by atoms with van der Waals surface area (Å²) in [4.78, 5) is 11.6. The average molecular weight is 242 g/mol. The zero-order valence-electron chi connectivity index (χ0n) is 9.24. The molecule has 1 aliphatic rings. The fourth-order valence-electron chi connectivity index (χ4n) is 1.52. The molecule has 0 aromatic carbocycles. The Morgan fingerprint density at radius 1 is 1.56 bits per heavy atom. The van der Waals surface area contributed by atoms with Crippen molar-refractivity contribution in [2.75, 3.05) is 18.5 Å². The van der Waals surface area contributed by atoms with Gasteiger partial charge >= 0.3 is 6.03 Å². The molecule has 0 unspecified atom stereocenters. The van der Waals surface area contributed by atoms with Crippen LogP contribution in [-0.4, -0.2) is 35.0 Å². The normalized spacial score (nSPS) is 24.4. The zero-order chi connectivity index (χ0) is 11.6. The van der Waals surface area contributed by atoms with Gasteiger partial charge < -0.3 is 10.1 Å². The summed E-state index contributed by atoms with van der Waals surface area (Å²) in [5.41, 5.74) is -0.274. The van der Waals surface area contributed by atoms with E-state index in [4.69, 9.17) is 4.74 Å². The van der Waals surface area contributed by atoms with Crippen LogP contribution >= 0.6 is 11.3 Å². The molecule has 7 heteroatoms. The summed E-state index contributed by atoms with van der Waals surface area (Å²) in [5, 5.41) is 14.5. The first-order valence-corrected chi connectivity index (χ1v) is 5.86. The van der Waals surface area contributed by atoms with Gasteiger partial charge in [0, 0.05) is 6.61 Å². The molecule has 0 spiro atoms. The van der Waals surface area contributed by atoms with Gasteiger partial charge in [0.15, 0.2) is 0 Å². The first kappa shape index (κ1) is 11.3. The zero-order valence-corrected chi connectivity index (χ0v) is 10.1. The van der Waals surface area contributed by atoms with Crippen molar-refractivity contribution in [1.82, 2.24) is 15.5 Å². The number of ether oxygens (including phenoxy) is 1. The van der Waals surface area contributed by atoms with E-state index in [1.165, 1.54) is 11.3 Å². The first-order valence-electron chi connectivity index (χ1n) is 5.04. The van der Waals surface area contributed by atoms with Gasteiger partial charge in [-0.3, -0.25) is 5.32 Å². The van der Waals surface area contributed by atoms with Crippen LogP contribution < -0.4 is 10.6 Å². The molecule has 6 nitrogen and oxygen atoms in total. The number of urea groups is 1. The Labute approximate surface area is 97.4 Å². The van der Waals surface area contributed by atoms with E-state index in [1.54, 1.807) is 0 Å². The first-order chi connectivity index (χ1) is 7.57. The van der Waals surface area contributed by atoms with Gasteiger partial charge in [0.25, 0.3) is 0 Å². The van der Waals surface area contributed by atoms with Gasteiger partial charge in [-0.05, 0) is 20.3 Å². The maximum Gasteiger partial charge on any atom is 0.321 e. The quantitative estimate of drug-likeness (QED) is 0.815. The molecule has 1 saturated heterocycles. The van der Waals surface area contributed by atoms with Crippen LogP contribution in [0.2, 0.25) is 0 Å². The van der Waals surface area contributed by atoms with Gasteiger partial charge in [-0.1, -0.05) is 11.3 Å². The predicted octanol–water partition coefficient (Wildman–Crippen LogP) is 1.15. The van der Waals surface area contributed by atoms with Gasteiger partial charge in [-0.25, -0.2) is 4.79 Å². The number of carbonyl (C=O) groups is 1. The van der Waals surface area contributed by atoms with E-state index in [2.05, 4.69) is 20.8 Å². The summed E-state index contributed by atoms with van der Waals surface area (Å²) in [6.07, 6.45) is 0.829. The monoisotopic (exact) mass is 242 g/mol. The number of nitrogens with zero attached hydrogens (tertiary/aromatic N) is 2. The molecule has 2 amide bonds. The number of aromatic nitrogens is 2. The van der Waals surface area contributed by atoms with Crippen molar-refractivity contribution in [2.24, 2.45) is 0 Å². The van der Waals surface area contributed by atoms with Crippen LogP contribution in [0, 0.1) is 6.92 Å². The molecule has 1 aliphatic heterocycles. The summed E-state index contributed by atoms with van der Waals surface area (Å²) in [6.45, 7) is 5.04. The van der Waals surface area contributed by atoms with Crippen LogP contribution in [0.1, 0.15) is 18.4 Å². The van der Waals surface area contributed by atoms with E-state index in [1.807, 2.05) is 13.8 Å². The molecule has 0 radical (unpaired) electrons. The van der Waals surface area contributed by atoms with Crippen molar-refractivity contribution in [3.63, 3.8) is 0 Å². The molecule has 0 aliphatic carbocycles. The van der Waals surface area contributed by atoms with Crippen molar-refractivity contribution >= 4 is 22.5 Å². The maximum atomic E-state index is 11.6. The van der Waals surface area contributed by atoms with Crippen LogP contribution in [0.15, 0.2) is 0 Å². The Bertz CT molecular complexity index is 387. The molecule has 1 aromatic heterocycles. The largest absolute Gasteiger partial charge is 0.379 e. The highest BCUT2D eigenvalue weighted by Crippen LogP contribution is 2.18. The molecule has 16 heavy (non-hydrogen) atoms. The standard InChI is InChI=1S/C9H14N4O2S/c1-6-12-13-8(16-6)10-7(14)11-9(2)3-4-15-5-9/h3-5H2,1-2H3,(H2,10,11,13,14)/t9-/m1/s1. The Morgan fingerprint density at radius 3 is 2.94 bits per heavy atom. The third kappa shape index (κ3) is 2.67. The predicted molar refractivity (Wildman–Crippen MR) is 60.6 cm³/mol. The molecule has 0 saturated carbocycles. The maximum absolute atomic E-state index is 11.6. The van der Waals surface area contributed by atoms with Crippen molar-refractivity contribution in [3.05, 3.63) is 5.01 Å². The Kier molecular flexibility index (Phi) is 3.06. The van der Waals surface area contributed by atoms with Gasteiger partial charge in [-0.15, -0.1) is 10.2 Å². The van der Waals surface area contributed by atoms with Gasteiger partial charge in [0.2, 0.25) is 5.13 Å². The summed E-state index contributed by atoms with van der Waals surface area (Å²) in [6, 6.07) is -0.260. The van der Waals surface area contributed by atoms with Crippen molar-refractivity contribution in [2.45, 2.75) is 25.8 Å². The fraction of sp³-hybridized carbons (Fsp3) is 0.667. The smallest absolute Gasteiger partial charge is 0.321 e. The number of hydrogen-bond donors (Lipinski definition) is 2. The van der Waals surface area contributed by atoms with Crippen LogP contribution in [0.4, 0.5) is 9.93 Å². The Hall–Kier alpha value is -1.21. The molecular weight excluding hydrogens is 228 g/mol. The van der Waals surface area contributed by atoms with E-state index >= 15 is 0 Å². The molecule has 2 heterocycles. The van der Waals surface area contributed by atoms with Crippen LogP contribution in [0.25, 0.3) is 0 Å². The van der Waals surface area contributed by atoms with E-state index < -0.39 is 0 Å². The molecule has 2 N–H and O–H groups in total. The minimum Gasteiger partial charge on any atom is -0.379 e.